The SMILES string of the molecule is C[C@](C(=O)OCc1ccccc1)(c1ccccc1)N1C[C@@H](CO)[C@@H](c2ccccc2)C1. The number of carbonyl (C=O) groups is 1. The number of rotatable bonds is 7. The summed E-state index contributed by atoms with van der Waals surface area (Å²) in [6.07, 6.45) is 0. The maximum Gasteiger partial charge on any atom is 0.331 e. The molecule has 3 atom stereocenters. The van der Waals surface area contributed by atoms with Gasteiger partial charge in [-0.05, 0) is 23.6 Å². The van der Waals surface area contributed by atoms with Crippen molar-refractivity contribution in [3.8, 4) is 0 Å². The van der Waals surface area contributed by atoms with Gasteiger partial charge in [-0.2, -0.15) is 0 Å². The van der Waals surface area contributed by atoms with Crippen molar-refractivity contribution in [2.24, 2.45) is 5.92 Å². The maximum atomic E-state index is 13.5. The van der Waals surface area contributed by atoms with Crippen LogP contribution in [0.5, 0.6) is 0 Å². The number of hydrogen-bond donors (Lipinski definition) is 1. The average Bonchev–Trinajstić information content (AvgIpc) is 3.29. The van der Waals surface area contributed by atoms with Gasteiger partial charge in [-0.3, -0.25) is 4.90 Å². The first-order valence-corrected chi connectivity index (χ1v) is 10.8. The minimum absolute atomic E-state index is 0.0624. The molecule has 0 radical (unpaired) electrons. The topological polar surface area (TPSA) is 49.8 Å². The summed E-state index contributed by atoms with van der Waals surface area (Å²) in [5, 5.41) is 10.1. The van der Waals surface area contributed by atoms with Gasteiger partial charge in [0.1, 0.15) is 12.1 Å². The molecule has 0 unspecified atom stereocenters. The molecular weight excluding hydrogens is 386 g/mol. The molecule has 1 heterocycles. The van der Waals surface area contributed by atoms with Crippen molar-refractivity contribution in [1.29, 1.82) is 0 Å². The van der Waals surface area contributed by atoms with E-state index < -0.39 is 5.54 Å². The summed E-state index contributed by atoms with van der Waals surface area (Å²) in [5.41, 5.74) is 2.12. The van der Waals surface area contributed by atoms with Gasteiger partial charge in [-0.25, -0.2) is 4.79 Å². The molecule has 3 aromatic rings. The van der Waals surface area contributed by atoms with Gasteiger partial charge in [0, 0.05) is 31.5 Å². The summed E-state index contributed by atoms with van der Waals surface area (Å²) in [5.74, 6) is -0.0449. The third kappa shape index (κ3) is 4.41. The van der Waals surface area contributed by atoms with E-state index in [1.165, 1.54) is 5.56 Å². The second-order valence-corrected chi connectivity index (χ2v) is 8.36. The summed E-state index contributed by atoms with van der Waals surface area (Å²) < 4.78 is 5.83. The molecule has 4 heteroatoms. The molecular formula is C27H29NO3. The number of hydrogen-bond acceptors (Lipinski definition) is 4. The molecule has 3 aromatic carbocycles. The zero-order valence-corrected chi connectivity index (χ0v) is 17.9. The normalized spacial score (nSPS) is 20.8. The molecule has 4 nitrogen and oxygen atoms in total. The lowest BCUT2D eigenvalue weighted by atomic mass is 9.89. The maximum absolute atomic E-state index is 13.5. The number of carbonyl (C=O) groups excluding carboxylic acids is 1. The minimum Gasteiger partial charge on any atom is -0.459 e. The Morgan fingerprint density at radius 2 is 1.52 bits per heavy atom. The van der Waals surface area contributed by atoms with Crippen LogP contribution in [-0.2, 0) is 21.7 Å². The molecule has 160 valence electrons. The van der Waals surface area contributed by atoms with Crippen LogP contribution in [0.25, 0.3) is 0 Å². The van der Waals surface area contributed by atoms with Gasteiger partial charge in [0.25, 0.3) is 0 Å². The van der Waals surface area contributed by atoms with Crippen LogP contribution >= 0.6 is 0 Å². The van der Waals surface area contributed by atoms with Gasteiger partial charge < -0.3 is 9.84 Å². The van der Waals surface area contributed by atoms with E-state index in [0.717, 1.165) is 11.1 Å². The Labute approximate surface area is 184 Å². The highest BCUT2D eigenvalue weighted by atomic mass is 16.5. The van der Waals surface area contributed by atoms with Crippen LogP contribution in [-0.4, -0.2) is 35.7 Å². The lowest BCUT2D eigenvalue weighted by Gasteiger charge is -2.37. The van der Waals surface area contributed by atoms with Crippen LogP contribution in [0, 0.1) is 5.92 Å². The van der Waals surface area contributed by atoms with E-state index in [1.807, 2.05) is 85.8 Å². The van der Waals surface area contributed by atoms with Crippen molar-refractivity contribution in [3.05, 3.63) is 108 Å². The quantitative estimate of drug-likeness (QED) is 0.583. The fraction of sp³-hybridized carbons (Fsp3) is 0.296. The van der Waals surface area contributed by atoms with E-state index in [9.17, 15) is 9.90 Å². The van der Waals surface area contributed by atoms with Crippen LogP contribution < -0.4 is 0 Å². The molecule has 0 aromatic heterocycles. The third-order valence-electron chi connectivity index (χ3n) is 6.48. The molecule has 1 N–H and O–H groups in total. The monoisotopic (exact) mass is 415 g/mol. The zero-order valence-electron chi connectivity index (χ0n) is 17.9. The Kier molecular flexibility index (Phi) is 6.50. The largest absolute Gasteiger partial charge is 0.459 e. The summed E-state index contributed by atoms with van der Waals surface area (Å²) >= 11 is 0. The van der Waals surface area contributed by atoms with Gasteiger partial charge in [-0.1, -0.05) is 91.0 Å². The molecule has 4 rings (SSSR count). The van der Waals surface area contributed by atoms with Crippen LogP contribution in [0.1, 0.15) is 29.5 Å². The van der Waals surface area contributed by atoms with Crippen molar-refractivity contribution < 1.29 is 14.6 Å². The van der Waals surface area contributed by atoms with Crippen molar-refractivity contribution in [2.45, 2.75) is 25.0 Å². The molecule has 0 spiro atoms. The summed E-state index contributed by atoms with van der Waals surface area (Å²) in [6.45, 7) is 3.57. The Morgan fingerprint density at radius 3 is 2.13 bits per heavy atom. The highest BCUT2D eigenvalue weighted by Crippen LogP contribution is 2.40. The van der Waals surface area contributed by atoms with E-state index in [0.29, 0.717) is 13.1 Å². The molecule has 0 bridgehead atoms. The first-order valence-electron chi connectivity index (χ1n) is 10.8. The van der Waals surface area contributed by atoms with Crippen LogP contribution in [0.4, 0.5) is 0 Å². The van der Waals surface area contributed by atoms with E-state index in [-0.39, 0.29) is 31.0 Å². The number of aliphatic hydroxyl groups is 1. The molecule has 0 aliphatic carbocycles. The first kappa shape index (κ1) is 21.3. The third-order valence-corrected chi connectivity index (χ3v) is 6.48. The van der Waals surface area contributed by atoms with E-state index in [4.69, 9.17) is 4.74 Å². The van der Waals surface area contributed by atoms with Crippen LogP contribution in [0.3, 0.4) is 0 Å². The molecule has 1 fully saturated rings. The Hall–Kier alpha value is -2.95. The average molecular weight is 416 g/mol. The van der Waals surface area contributed by atoms with Crippen molar-refractivity contribution in [1.82, 2.24) is 4.90 Å². The lowest BCUT2D eigenvalue weighted by molar-refractivity contribution is -0.159. The highest BCUT2D eigenvalue weighted by Gasteiger charge is 2.48. The Bertz CT molecular complexity index is 977. The molecule has 0 amide bonds. The molecule has 0 saturated carbocycles. The lowest BCUT2D eigenvalue weighted by Crippen LogP contribution is -2.50. The number of benzene rings is 3. The number of likely N-dealkylation sites (tertiary alicyclic amines) is 1. The molecule has 1 aliphatic rings. The van der Waals surface area contributed by atoms with Gasteiger partial charge in [0.15, 0.2) is 0 Å². The molecule has 1 saturated heterocycles. The van der Waals surface area contributed by atoms with Crippen molar-refractivity contribution in [3.63, 3.8) is 0 Å². The van der Waals surface area contributed by atoms with Crippen molar-refractivity contribution >= 4 is 5.97 Å². The Balaban J connectivity index is 1.62. The van der Waals surface area contributed by atoms with Gasteiger partial charge in [-0.15, -0.1) is 0 Å². The number of aliphatic hydroxyl groups excluding tert-OH is 1. The fourth-order valence-corrected chi connectivity index (χ4v) is 4.56. The smallest absolute Gasteiger partial charge is 0.331 e. The predicted octanol–water partition coefficient (Wildman–Crippen LogP) is 4.35. The number of nitrogens with zero attached hydrogens (tertiary/aromatic N) is 1. The van der Waals surface area contributed by atoms with Crippen LogP contribution in [0.2, 0.25) is 0 Å². The zero-order chi connectivity index (χ0) is 21.7. The summed E-state index contributed by atoms with van der Waals surface area (Å²) in [6, 6.07) is 29.8. The number of esters is 1. The van der Waals surface area contributed by atoms with Crippen LogP contribution in [0.15, 0.2) is 91.0 Å². The minimum atomic E-state index is -0.938. The Morgan fingerprint density at radius 1 is 0.935 bits per heavy atom. The predicted molar refractivity (Wildman–Crippen MR) is 121 cm³/mol. The first-order chi connectivity index (χ1) is 15.1. The highest BCUT2D eigenvalue weighted by molar-refractivity contribution is 5.82. The number of ether oxygens (including phenoxy) is 1. The standard InChI is InChI=1S/C27H29NO3/c1-27(24-15-9-4-10-16-24,26(30)31-20-21-11-5-2-6-12-21)28-17-23(19-29)25(18-28)22-13-7-3-8-14-22/h2-16,23,25,29H,17-20H2,1H3/t23-,25+,27+/m0/s1. The summed E-state index contributed by atoms with van der Waals surface area (Å²) in [7, 11) is 0. The van der Waals surface area contributed by atoms with E-state index in [1.54, 1.807) is 0 Å². The second-order valence-electron chi connectivity index (χ2n) is 8.36. The van der Waals surface area contributed by atoms with Gasteiger partial charge >= 0.3 is 5.97 Å². The summed E-state index contributed by atoms with van der Waals surface area (Å²) in [4.78, 5) is 15.7. The van der Waals surface area contributed by atoms with Gasteiger partial charge in [0.05, 0.1) is 0 Å². The van der Waals surface area contributed by atoms with E-state index in [2.05, 4.69) is 17.0 Å². The molecule has 1 aliphatic heterocycles. The van der Waals surface area contributed by atoms with E-state index >= 15 is 0 Å². The fourth-order valence-electron chi connectivity index (χ4n) is 4.56. The van der Waals surface area contributed by atoms with Gasteiger partial charge in [0.2, 0.25) is 0 Å². The van der Waals surface area contributed by atoms with Crippen molar-refractivity contribution in [2.75, 3.05) is 19.7 Å². The molecule has 31 heavy (non-hydrogen) atoms. The second kappa shape index (κ2) is 9.46.